The number of para-hydroxylation sites is 1. The van der Waals surface area contributed by atoms with Gasteiger partial charge in [0.2, 0.25) is 0 Å². The summed E-state index contributed by atoms with van der Waals surface area (Å²) in [5.41, 5.74) is 3.29. The summed E-state index contributed by atoms with van der Waals surface area (Å²) >= 11 is 1.55. The summed E-state index contributed by atoms with van der Waals surface area (Å²) in [5.74, 6) is 0.604. The van der Waals surface area contributed by atoms with Crippen molar-refractivity contribution in [1.29, 1.82) is 0 Å². The summed E-state index contributed by atoms with van der Waals surface area (Å²) in [6.07, 6.45) is 2.96. The summed E-state index contributed by atoms with van der Waals surface area (Å²) in [4.78, 5) is 19.7. The molecule has 1 atom stereocenters. The Morgan fingerprint density at radius 2 is 2.17 bits per heavy atom. The van der Waals surface area contributed by atoms with Gasteiger partial charge >= 0.3 is 0 Å². The normalized spacial score (nSPS) is 16.3. The maximum absolute atomic E-state index is 13.1. The highest BCUT2D eigenvalue weighted by atomic mass is 32.1. The number of aromatic nitrogens is 1. The Bertz CT molecular complexity index is 995. The van der Waals surface area contributed by atoms with Gasteiger partial charge in [-0.15, -0.1) is 0 Å². The van der Waals surface area contributed by atoms with E-state index < -0.39 is 0 Å². The van der Waals surface area contributed by atoms with Gasteiger partial charge in [0.05, 0.1) is 22.9 Å². The molecule has 1 unspecified atom stereocenters. The largest absolute Gasteiger partial charge is 0.484 e. The number of carbonyl (C=O) groups is 1. The molecule has 1 saturated heterocycles. The third-order valence-corrected chi connectivity index (χ3v) is 6.21. The van der Waals surface area contributed by atoms with Crippen LogP contribution in [0.25, 0.3) is 10.2 Å². The van der Waals surface area contributed by atoms with Crippen LogP contribution in [0.1, 0.15) is 30.9 Å². The first-order valence-corrected chi connectivity index (χ1v) is 11.0. The number of hydrogen-bond donors (Lipinski definition) is 0. The average molecular weight is 411 g/mol. The SMILES string of the molecule is CCc1cccc2sc(N(CC3CCCO3)C(=O)COc3cccc(C)c3)nc12. The first kappa shape index (κ1) is 19.9. The molecule has 0 radical (unpaired) electrons. The minimum absolute atomic E-state index is 0.0211. The van der Waals surface area contributed by atoms with Crippen molar-refractivity contribution in [3.63, 3.8) is 0 Å². The van der Waals surface area contributed by atoms with Gasteiger partial charge in [0.1, 0.15) is 5.75 Å². The summed E-state index contributed by atoms with van der Waals surface area (Å²) in [5, 5.41) is 0.717. The molecule has 1 aliphatic rings. The first-order valence-electron chi connectivity index (χ1n) is 10.1. The van der Waals surface area contributed by atoms with Crippen LogP contribution in [0.4, 0.5) is 5.13 Å². The molecule has 4 rings (SSSR count). The first-order chi connectivity index (χ1) is 14.1. The second kappa shape index (κ2) is 8.93. The van der Waals surface area contributed by atoms with E-state index in [-0.39, 0.29) is 18.6 Å². The van der Waals surface area contributed by atoms with Crippen LogP contribution in [-0.2, 0) is 16.0 Å². The predicted octanol–water partition coefficient (Wildman–Crippen LogP) is 4.76. The molecule has 0 bridgehead atoms. The molecule has 152 valence electrons. The van der Waals surface area contributed by atoms with Gasteiger partial charge in [-0.1, -0.05) is 42.5 Å². The van der Waals surface area contributed by atoms with Crippen molar-refractivity contribution in [1.82, 2.24) is 4.98 Å². The zero-order valence-corrected chi connectivity index (χ0v) is 17.7. The monoisotopic (exact) mass is 410 g/mol. The van der Waals surface area contributed by atoms with Crippen LogP contribution in [0.3, 0.4) is 0 Å². The molecule has 5 nitrogen and oxygen atoms in total. The molecule has 2 aromatic carbocycles. The standard InChI is InChI=1S/C23H26N2O3S/c1-3-17-8-5-11-20-22(17)24-23(29-20)25(14-19-10-6-12-27-19)21(26)15-28-18-9-4-7-16(2)13-18/h4-5,7-9,11,13,19H,3,6,10,12,14-15H2,1-2H3. The van der Waals surface area contributed by atoms with Crippen LogP contribution in [0, 0.1) is 6.92 Å². The molecule has 2 heterocycles. The van der Waals surface area contributed by atoms with Gasteiger partial charge in [-0.3, -0.25) is 9.69 Å². The lowest BCUT2D eigenvalue weighted by atomic mass is 10.1. The van der Waals surface area contributed by atoms with Crippen molar-refractivity contribution in [2.24, 2.45) is 0 Å². The van der Waals surface area contributed by atoms with Crippen molar-refractivity contribution in [3.05, 3.63) is 53.6 Å². The van der Waals surface area contributed by atoms with Crippen molar-refractivity contribution >= 4 is 32.6 Å². The molecule has 6 heteroatoms. The lowest BCUT2D eigenvalue weighted by Crippen LogP contribution is -2.40. The average Bonchev–Trinajstić information content (AvgIpc) is 3.39. The fourth-order valence-electron chi connectivity index (χ4n) is 3.60. The topological polar surface area (TPSA) is 51.7 Å². The molecule has 1 amide bonds. The van der Waals surface area contributed by atoms with Crippen molar-refractivity contribution in [2.75, 3.05) is 24.7 Å². The van der Waals surface area contributed by atoms with Gasteiger partial charge in [0.15, 0.2) is 11.7 Å². The Morgan fingerprint density at radius 1 is 1.31 bits per heavy atom. The predicted molar refractivity (Wildman–Crippen MR) is 117 cm³/mol. The number of nitrogens with zero attached hydrogens (tertiary/aromatic N) is 2. The minimum Gasteiger partial charge on any atom is -0.484 e. The Kier molecular flexibility index (Phi) is 6.11. The van der Waals surface area contributed by atoms with E-state index in [0.29, 0.717) is 17.4 Å². The smallest absolute Gasteiger partial charge is 0.266 e. The quantitative estimate of drug-likeness (QED) is 0.564. The minimum atomic E-state index is -0.0980. The van der Waals surface area contributed by atoms with Crippen molar-refractivity contribution in [3.8, 4) is 5.75 Å². The number of amides is 1. The molecule has 1 aromatic heterocycles. The van der Waals surface area contributed by atoms with E-state index in [0.717, 1.165) is 41.6 Å². The van der Waals surface area contributed by atoms with E-state index in [1.165, 1.54) is 5.56 Å². The van der Waals surface area contributed by atoms with E-state index >= 15 is 0 Å². The number of hydrogen-bond acceptors (Lipinski definition) is 5. The molecule has 0 saturated carbocycles. The van der Waals surface area contributed by atoms with E-state index in [2.05, 4.69) is 25.1 Å². The van der Waals surface area contributed by atoms with Crippen LogP contribution >= 0.6 is 11.3 Å². The van der Waals surface area contributed by atoms with Gasteiger partial charge < -0.3 is 9.47 Å². The second-order valence-electron chi connectivity index (χ2n) is 7.36. The molecular formula is C23H26N2O3S. The molecule has 0 spiro atoms. The summed E-state index contributed by atoms with van der Waals surface area (Å²) in [6, 6.07) is 13.9. The third-order valence-electron chi connectivity index (χ3n) is 5.17. The fourth-order valence-corrected chi connectivity index (χ4v) is 4.64. The highest BCUT2D eigenvalue weighted by molar-refractivity contribution is 7.22. The van der Waals surface area contributed by atoms with Gasteiger partial charge in [-0.2, -0.15) is 0 Å². The summed E-state index contributed by atoms with van der Waals surface area (Å²) in [7, 11) is 0. The number of benzene rings is 2. The van der Waals surface area contributed by atoms with E-state index in [1.807, 2.05) is 31.2 Å². The number of fused-ring (bicyclic) bond motifs is 1. The molecule has 0 N–H and O–H groups in total. The highest BCUT2D eigenvalue weighted by Crippen LogP contribution is 2.32. The molecular weight excluding hydrogens is 384 g/mol. The maximum atomic E-state index is 13.1. The summed E-state index contributed by atoms with van der Waals surface area (Å²) in [6.45, 7) is 5.37. The van der Waals surface area contributed by atoms with Crippen LogP contribution in [-0.4, -0.2) is 36.8 Å². The zero-order valence-electron chi connectivity index (χ0n) is 16.9. The number of aryl methyl sites for hydroxylation is 2. The zero-order chi connectivity index (χ0) is 20.2. The van der Waals surface area contributed by atoms with Crippen LogP contribution in [0.2, 0.25) is 0 Å². The van der Waals surface area contributed by atoms with Gasteiger partial charge in [-0.25, -0.2) is 4.98 Å². The second-order valence-corrected chi connectivity index (χ2v) is 8.37. The van der Waals surface area contributed by atoms with Gasteiger partial charge in [0, 0.05) is 6.61 Å². The number of rotatable bonds is 7. The Hall–Kier alpha value is -2.44. The van der Waals surface area contributed by atoms with E-state index in [9.17, 15) is 4.79 Å². The Balaban J connectivity index is 1.58. The Morgan fingerprint density at radius 3 is 2.93 bits per heavy atom. The van der Waals surface area contributed by atoms with Crippen LogP contribution in [0.5, 0.6) is 5.75 Å². The third kappa shape index (κ3) is 4.60. The van der Waals surface area contributed by atoms with Crippen LogP contribution in [0.15, 0.2) is 42.5 Å². The molecule has 1 aliphatic heterocycles. The van der Waals surface area contributed by atoms with Crippen molar-refractivity contribution in [2.45, 2.75) is 39.2 Å². The number of carbonyl (C=O) groups excluding carboxylic acids is 1. The van der Waals surface area contributed by atoms with E-state index in [1.54, 1.807) is 16.2 Å². The number of anilines is 1. The molecule has 3 aromatic rings. The summed E-state index contributed by atoms with van der Waals surface area (Å²) < 4.78 is 12.7. The van der Waals surface area contributed by atoms with E-state index in [4.69, 9.17) is 14.5 Å². The van der Waals surface area contributed by atoms with Crippen molar-refractivity contribution < 1.29 is 14.3 Å². The molecule has 1 fully saturated rings. The molecule has 0 aliphatic carbocycles. The maximum Gasteiger partial charge on any atom is 0.266 e. The lowest BCUT2D eigenvalue weighted by molar-refractivity contribution is -0.120. The van der Waals surface area contributed by atoms with Gasteiger partial charge in [-0.05, 0) is 55.5 Å². The Labute approximate surface area is 175 Å². The number of thiazole rings is 1. The highest BCUT2D eigenvalue weighted by Gasteiger charge is 2.26. The van der Waals surface area contributed by atoms with Crippen LogP contribution < -0.4 is 9.64 Å². The molecule has 29 heavy (non-hydrogen) atoms. The lowest BCUT2D eigenvalue weighted by Gasteiger charge is -2.23. The fraction of sp³-hybridized carbons (Fsp3) is 0.391. The van der Waals surface area contributed by atoms with Gasteiger partial charge in [0.25, 0.3) is 5.91 Å². The number of ether oxygens (including phenoxy) is 2.